The Morgan fingerprint density at radius 1 is 1.36 bits per heavy atom. The Hall–Kier alpha value is -1.35. The highest BCUT2D eigenvalue weighted by Crippen LogP contribution is 2.12. The van der Waals surface area contributed by atoms with Crippen LogP contribution in [-0.4, -0.2) is 31.9 Å². The lowest BCUT2D eigenvalue weighted by molar-refractivity contribution is -0.108. The normalized spacial score (nSPS) is 10.2. The molecule has 0 amide bonds. The van der Waals surface area contributed by atoms with Crippen LogP contribution in [0.1, 0.15) is 5.56 Å². The topological polar surface area (TPSA) is 29.5 Å². The minimum Gasteiger partial charge on any atom is -0.497 e. The smallest absolute Gasteiger partial charge is 0.133 e. The van der Waals surface area contributed by atoms with Crippen LogP contribution in [0.25, 0.3) is 0 Å². The van der Waals surface area contributed by atoms with Crippen molar-refractivity contribution >= 4 is 6.29 Å². The second-order valence-corrected chi connectivity index (χ2v) is 3.21. The van der Waals surface area contributed by atoms with Crippen molar-refractivity contribution in [3.63, 3.8) is 0 Å². The Bertz CT molecular complexity index is 282. The monoisotopic (exact) mass is 193 g/mol. The molecule has 3 nitrogen and oxygen atoms in total. The number of benzene rings is 1. The number of nitrogens with zero attached hydrogens (tertiary/aromatic N) is 1. The first-order valence-electron chi connectivity index (χ1n) is 4.51. The fourth-order valence-corrected chi connectivity index (χ4v) is 1.23. The summed E-state index contributed by atoms with van der Waals surface area (Å²) in [5.74, 6) is 0.854. The maximum absolute atomic E-state index is 10.2. The van der Waals surface area contributed by atoms with Crippen molar-refractivity contribution in [1.82, 2.24) is 4.90 Å². The largest absolute Gasteiger partial charge is 0.497 e. The van der Waals surface area contributed by atoms with Crippen molar-refractivity contribution in [2.75, 3.05) is 20.7 Å². The number of carbonyl (C=O) groups is 1. The molecule has 0 unspecified atom stereocenters. The van der Waals surface area contributed by atoms with Gasteiger partial charge in [0.2, 0.25) is 0 Å². The number of hydrogen-bond donors (Lipinski definition) is 0. The Balaban J connectivity index is 2.54. The van der Waals surface area contributed by atoms with Crippen LogP contribution in [0.4, 0.5) is 0 Å². The number of carbonyl (C=O) groups excluding carboxylic acids is 1. The third-order valence-corrected chi connectivity index (χ3v) is 2.00. The zero-order valence-corrected chi connectivity index (χ0v) is 8.56. The first-order chi connectivity index (χ1) is 6.76. The predicted octanol–water partition coefficient (Wildman–Crippen LogP) is 1.33. The molecule has 0 aliphatic rings. The lowest BCUT2D eigenvalue weighted by atomic mass is 10.2. The van der Waals surface area contributed by atoms with Gasteiger partial charge in [0.05, 0.1) is 13.7 Å². The first kappa shape index (κ1) is 10.7. The number of likely N-dealkylation sites (N-methyl/N-ethyl adjacent to an activating group) is 1. The van der Waals surface area contributed by atoms with Gasteiger partial charge in [-0.05, 0) is 24.7 Å². The van der Waals surface area contributed by atoms with Gasteiger partial charge in [0.25, 0.3) is 0 Å². The van der Waals surface area contributed by atoms with Crippen molar-refractivity contribution in [3.05, 3.63) is 29.8 Å². The van der Waals surface area contributed by atoms with E-state index in [4.69, 9.17) is 4.74 Å². The van der Waals surface area contributed by atoms with E-state index in [1.165, 1.54) is 5.56 Å². The highest BCUT2D eigenvalue weighted by molar-refractivity contribution is 5.51. The quantitative estimate of drug-likeness (QED) is 0.661. The number of ether oxygens (including phenoxy) is 1. The maximum Gasteiger partial charge on any atom is 0.133 e. The van der Waals surface area contributed by atoms with E-state index >= 15 is 0 Å². The molecule has 3 heteroatoms. The molecule has 14 heavy (non-hydrogen) atoms. The molecule has 0 N–H and O–H groups in total. The molecule has 0 heterocycles. The lowest BCUT2D eigenvalue weighted by Crippen LogP contribution is -2.19. The Kier molecular flexibility index (Phi) is 4.13. The number of rotatable bonds is 5. The highest BCUT2D eigenvalue weighted by Gasteiger charge is 1.99. The molecule has 0 bridgehead atoms. The molecule has 0 fully saturated rings. The average molecular weight is 193 g/mol. The number of methoxy groups -OCH3 is 1. The summed E-state index contributed by atoms with van der Waals surface area (Å²) in [7, 11) is 3.56. The van der Waals surface area contributed by atoms with Crippen LogP contribution < -0.4 is 4.74 Å². The molecule has 0 radical (unpaired) electrons. The molecule has 1 aromatic carbocycles. The molecule has 0 aliphatic heterocycles. The summed E-state index contributed by atoms with van der Waals surface area (Å²) in [6.45, 7) is 1.24. The molecule has 0 saturated heterocycles. The van der Waals surface area contributed by atoms with E-state index in [-0.39, 0.29) is 0 Å². The third kappa shape index (κ3) is 3.18. The molecule has 0 spiro atoms. The summed E-state index contributed by atoms with van der Waals surface area (Å²) in [4.78, 5) is 12.2. The minimum atomic E-state index is 0.464. The highest BCUT2D eigenvalue weighted by atomic mass is 16.5. The predicted molar refractivity (Wildman–Crippen MR) is 55.4 cm³/mol. The molecular weight excluding hydrogens is 178 g/mol. The summed E-state index contributed by atoms with van der Waals surface area (Å²) in [6.07, 6.45) is 0.906. The van der Waals surface area contributed by atoms with Crippen LogP contribution in [0.3, 0.4) is 0 Å². The second kappa shape index (κ2) is 5.40. The molecule has 0 atom stereocenters. The van der Waals surface area contributed by atoms with E-state index in [9.17, 15) is 4.79 Å². The van der Waals surface area contributed by atoms with Crippen molar-refractivity contribution in [1.29, 1.82) is 0 Å². The van der Waals surface area contributed by atoms with E-state index < -0.39 is 0 Å². The summed E-state index contributed by atoms with van der Waals surface area (Å²) in [5.41, 5.74) is 1.18. The Morgan fingerprint density at radius 2 is 2.00 bits per heavy atom. The number of aldehydes is 1. The van der Waals surface area contributed by atoms with Crippen LogP contribution in [0, 0.1) is 0 Å². The maximum atomic E-state index is 10.2. The average Bonchev–Trinajstić information content (AvgIpc) is 2.19. The Morgan fingerprint density at radius 3 is 2.50 bits per heavy atom. The lowest BCUT2D eigenvalue weighted by Gasteiger charge is -2.12. The summed E-state index contributed by atoms with van der Waals surface area (Å²) in [5, 5.41) is 0. The summed E-state index contributed by atoms with van der Waals surface area (Å²) < 4.78 is 5.05. The van der Waals surface area contributed by atoms with Gasteiger partial charge in [0.1, 0.15) is 12.0 Å². The van der Waals surface area contributed by atoms with Gasteiger partial charge in [0.15, 0.2) is 0 Å². The molecule has 0 saturated carbocycles. The van der Waals surface area contributed by atoms with Gasteiger partial charge in [-0.2, -0.15) is 0 Å². The summed E-state index contributed by atoms with van der Waals surface area (Å²) >= 11 is 0. The van der Waals surface area contributed by atoms with Crippen molar-refractivity contribution in [2.24, 2.45) is 0 Å². The van der Waals surface area contributed by atoms with Crippen LogP contribution in [0.2, 0.25) is 0 Å². The molecule has 0 aromatic heterocycles. The minimum absolute atomic E-state index is 0.464. The van der Waals surface area contributed by atoms with Crippen molar-refractivity contribution in [3.8, 4) is 5.75 Å². The van der Waals surface area contributed by atoms with E-state index in [1.54, 1.807) is 7.11 Å². The van der Waals surface area contributed by atoms with E-state index in [0.717, 1.165) is 18.6 Å². The molecule has 0 aliphatic carbocycles. The van der Waals surface area contributed by atoms with Gasteiger partial charge >= 0.3 is 0 Å². The van der Waals surface area contributed by atoms with E-state index in [0.29, 0.717) is 6.54 Å². The van der Waals surface area contributed by atoms with E-state index in [2.05, 4.69) is 0 Å². The zero-order chi connectivity index (χ0) is 10.4. The van der Waals surface area contributed by atoms with Crippen molar-refractivity contribution in [2.45, 2.75) is 6.54 Å². The molecular formula is C11H15NO2. The first-order valence-corrected chi connectivity index (χ1v) is 4.51. The number of hydrogen-bond acceptors (Lipinski definition) is 3. The standard InChI is InChI=1S/C11H15NO2/c1-12(7-8-13)9-10-3-5-11(14-2)6-4-10/h3-6,8H,7,9H2,1-2H3. The SMILES string of the molecule is COc1ccc(CN(C)CC=O)cc1. The zero-order valence-electron chi connectivity index (χ0n) is 8.56. The van der Waals surface area contributed by atoms with Crippen LogP contribution in [0.15, 0.2) is 24.3 Å². The molecule has 1 aromatic rings. The van der Waals surface area contributed by atoms with Crippen LogP contribution in [0.5, 0.6) is 5.75 Å². The van der Waals surface area contributed by atoms with Crippen LogP contribution >= 0.6 is 0 Å². The fraction of sp³-hybridized carbons (Fsp3) is 0.364. The van der Waals surface area contributed by atoms with Gasteiger partial charge in [-0.1, -0.05) is 12.1 Å². The molecule has 1 rings (SSSR count). The second-order valence-electron chi connectivity index (χ2n) is 3.21. The molecule has 76 valence electrons. The van der Waals surface area contributed by atoms with Gasteiger partial charge < -0.3 is 9.53 Å². The fourth-order valence-electron chi connectivity index (χ4n) is 1.23. The van der Waals surface area contributed by atoms with Gasteiger partial charge in [0, 0.05) is 6.54 Å². The van der Waals surface area contributed by atoms with Gasteiger partial charge in [-0.25, -0.2) is 0 Å². The van der Waals surface area contributed by atoms with Gasteiger partial charge in [-0.15, -0.1) is 0 Å². The summed E-state index contributed by atoms with van der Waals surface area (Å²) in [6, 6.07) is 7.84. The van der Waals surface area contributed by atoms with Crippen LogP contribution in [-0.2, 0) is 11.3 Å². The third-order valence-electron chi connectivity index (χ3n) is 2.00. The van der Waals surface area contributed by atoms with Crippen molar-refractivity contribution < 1.29 is 9.53 Å². The van der Waals surface area contributed by atoms with Gasteiger partial charge in [-0.3, -0.25) is 4.90 Å². The Labute approximate surface area is 84.3 Å². The van der Waals surface area contributed by atoms with E-state index in [1.807, 2.05) is 36.2 Å².